The predicted octanol–water partition coefficient (Wildman–Crippen LogP) is 1.20. The number of nitrogens with one attached hydrogen (secondary N) is 2. The Balaban J connectivity index is 0.00000256. The van der Waals surface area contributed by atoms with Gasteiger partial charge in [0, 0.05) is 19.7 Å². The summed E-state index contributed by atoms with van der Waals surface area (Å²) in [6.07, 6.45) is 2.04. The summed E-state index contributed by atoms with van der Waals surface area (Å²) in [5.74, 6) is 1.01. The molecule has 1 fully saturated rings. The van der Waals surface area contributed by atoms with Crippen molar-refractivity contribution in [3.05, 3.63) is 0 Å². The molecule has 1 amide bonds. The molecule has 0 aromatic carbocycles. The Morgan fingerprint density at radius 2 is 2.24 bits per heavy atom. The molecule has 17 heavy (non-hydrogen) atoms. The highest BCUT2D eigenvalue weighted by Crippen LogP contribution is 2.06. The molecule has 1 saturated heterocycles. The number of carbonyl (C=O) groups is 1. The van der Waals surface area contributed by atoms with Crippen molar-refractivity contribution in [3.8, 4) is 0 Å². The summed E-state index contributed by atoms with van der Waals surface area (Å²) in [4.78, 5) is 11.6. The van der Waals surface area contributed by atoms with Crippen LogP contribution in [0.3, 0.4) is 0 Å². The first-order valence-corrected chi connectivity index (χ1v) is 6.26. The van der Waals surface area contributed by atoms with Crippen LogP contribution >= 0.6 is 12.4 Å². The van der Waals surface area contributed by atoms with E-state index in [1.807, 2.05) is 0 Å². The van der Waals surface area contributed by atoms with Gasteiger partial charge in [-0.3, -0.25) is 4.79 Å². The first kappa shape index (κ1) is 16.7. The molecule has 1 rings (SSSR count). The smallest absolute Gasteiger partial charge is 0.224 e. The standard InChI is InChI=1S/C12H24N2O2.ClH/c1-10(2)4-7-16-8-6-14-12(15)11-3-5-13-9-11;/h10-11,13H,3-9H2,1-2H3,(H,14,15);1H. The van der Waals surface area contributed by atoms with Crippen LogP contribution < -0.4 is 10.6 Å². The van der Waals surface area contributed by atoms with Crippen LogP contribution in [0.4, 0.5) is 0 Å². The molecular formula is C12H25ClN2O2. The average Bonchev–Trinajstić information content (AvgIpc) is 2.75. The average molecular weight is 265 g/mol. The number of hydrogen-bond donors (Lipinski definition) is 2. The second-order valence-corrected chi connectivity index (χ2v) is 4.78. The summed E-state index contributed by atoms with van der Waals surface area (Å²) in [5.41, 5.74) is 0. The maximum Gasteiger partial charge on any atom is 0.224 e. The van der Waals surface area contributed by atoms with E-state index in [4.69, 9.17) is 4.74 Å². The molecule has 0 aromatic rings. The number of halogens is 1. The molecule has 1 heterocycles. The van der Waals surface area contributed by atoms with Crippen molar-refractivity contribution in [1.29, 1.82) is 0 Å². The number of rotatable bonds is 7. The van der Waals surface area contributed by atoms with Crippen LogP contribution in [0.25, 0.3) is 0 Å². The number of ether oxygens (including phenoxy) is 1. The van der Waals surface area contributed by atoms with Crippen LogP contribution in [-0.2, 0) is 9.53 Å². The van der Waals surface area contributed by atoms with Gasteiger partial charge in [-0.1, -0.05) is 13.8 Å². The van der Waals surface area contributed by atoms with Gasteiger partial charge in [0.25, 0.3) is 0 Å². The van der Waals surface area contributed by atoms with Gasteiger partial charge in [-0.25, -0.2) is 0 Å². The molecule has 1 atom stereocenters. The van der Waals surface area contributed by atoms with Crippen molar-refractivity contribution in [2.24, 2.45) is 11.8 Å². The Morgan fingerprint density at radius 3 is 2.82 bits per heavy atom. The molecule has 0 radical (unpaired) electrons. The summed E-state index contributed by atoms with van der Waals surface area (Å²) >= 11 is 0. The lowest BCUT2D eigenvalue weighted by Crippen LogP contribution is -2.34. The molecule has 0 aromatic heterocycles. The third kappa shape index (κ3) is 7.58. The summed E-state index contributed by atoms with van der Waals surface area (Å²) in [7, 11) is 0. The van der Waals surface area contributed by atoms with E-state index < -0.39 is 0 Å². The first-order valence-electron chi connectivity index (χ1n) is 6.26. The van der Waals surface area contributed by atoms with Crippen LogP contribution in [0.5, 0.6) is 0 Å². The fourth-order valence-corrected chi connectivity index (χ4v) is 1.69. The van der Waals surface area contributed by atoms with E-state index in [2.05, 4.69) is 24.5 Å². The normalized spacial score (nSPS) is 19.1. The van der Waals surface area contributed by atoms with Gasteiger partial charge in [-0.2, -0.15) is 0 Å². The maximum absolute atomic E-state index is 11.6. The van der Waals surface area contributed by atoms with Gasteiger partial charge < -0.3 is 15.4 Å². The molecular weight excluding hydrogens is 240 g/mol. The molecule has 0 aliphatic carbocycles. The lowest BCUT2D eigenvalue weighted by molar-refractivity contribution is -0.124. The van der Waals surface area contributed by atoms with Crippen molar-refractivity contribution >= 4 is 18.3 Å². The van der Waals surface area contributed by atoms with Gasteiger partial charge in [-0.05, 0) is 25.3 Å². The van der Waals surface area contributed by atoms with Crippen molar-refractivity contribution < 1.29 is 9.53 Å². The van der Waals surface area contributed by atoms with Gasteiger partial charge in [-0.15, -0.1) is 12.4 Å². The fraction of sp³-hybridized carbons (Fsp3) is 0.917. The molecule has 2 N–H and O–H groups in total. The van der Waals surface area contributed by atoms with Crippen molar-refractivity contribution in [2.45, 2.75) is 26.7 Å². The highest BCUT2D eigenvalue weighted by molar-refractivity contribution is 5.85. The van der Waals surface area contributed by atoms with E-state index in [0.717, 1.165) is 32.5 Å². The van der Waals surface area contributed by atoms with Gasteiger partial charge in [0.05, 0.1) is 12.5 Å². The van der Waals surface area contributed by atoms with E-state index >= 15 is 0 Å². The predicted molar refractivity (Wildman–Crippen MR) is 71.5 cm³/mol. The van der Waals surface area contributed by atoms with Crippen LogP contribution in [0, 0.1) is 11.8 Å². The number of carbonyl (C=O) groups excluding carboxylic acids is 1. The molecule has 1 aliphatic rings. The maximum atomic E-state index is 11.6. The number of hydrogen-bond acceptors (Lipinski definition) is 3. The van der Waals surface area contributed by atoms with Crippen LogP contribution in [0.15, 0.2) is 0 Å². The highest BCUT2D eigenvalue weighted by atomic mass is 35.5. The summed E-state index contributed by atoms with van der Waals surface area (Å²) in [5, 5.41) is 6.09. The van der Waals surface area contributed by atoms with Crippen LogP contribution in [-0.4, -0.2) is 38.8 Å². The molecule has 1 unspecified atom stereocenters. The van der Waals surface area contributed by atoms with Crippen molar-refractivity contribution in [3.63, 3.8) is 0 Å². The molecule has 5 heteroatoms. The third-order valence-electron chi connectivity index (χ3n) is 2.82. The summed E-state index contributed by atoms with van der Waals surface area (Å²) in [6, 6.07) is 0. The third-order valence-corrected chi connectivity index (χ3v) is 2.82. The summed E-state index contributed by atoms with van der Waals surface area (Å²) < 4.78 is 5.43. The minimum Gasteiger partial charge on any atom is -0.380 e. The zero-order valence-corrected chi connectivity index (χ0v) is 11.6. The molecule has 0 saturated carbocycles. The summed E-state index contributed by atoms with van der Waals surface area (Å²) in [6.45, 7) is 8.18. The Labute approximate surface area is 110 Å². The zero-order chi connectivity index (χ0) is 11.8. The molecule has 102 valence electrons. The van der Waals surface area contributed by atoms with E-state index in [1.54, 1.807) is 0 Å². The van der Waals surface area contributed by atoms with E-state index in [1.165, 1.54) is 0 Å². The largest absolute Gasteiger partial charge is 0.380 e. The zero-order valence-electron chi connectivity index (χ0n) is 10.8. The monoisotopic (exact) mass is 264 g/mol. The molecule has 0 bridgehead atoms. The van der Waals surface area contributed by atoms with Crippen molar-refractivity contribution in [2.75, 3.05) is 32.8 Å². The highest BCUT2D eigenvalue weighted by Gasteiger charge is 2.21. The van der Waals surface area contributed by atoms with E-state index in [-0.39, 0.29) is 24.2 Å². The Morgan fingerprint density at radius 1 is 1.47 bits per heavy atom. The Bertz CT molecular complexity index is 207. The quantitative estimate of drug-likeness (QED) is 0.680. The Hall–Kier alpha value is -0.320. The minimum atomic E-state index is 0. The lowest BCUT2D eigenvalue weighted by atomic mass is 10.1. The number of amides is 1. The Kier molecular flexibility index (Phi) is 9.50. The second kappa shape index (κ2) is 9.68. The van der Waals surface area contributed by atoms with Crippen LogP contribution in [0.1, 0.15) is 26.7 Å². The van der Waals surface area contributed by atoms with Gasteiger partial charge in [0.1, 0.15) is 0 Å². The molecule has 4 nitrogen and oxygen atoms in total. The van der Waals surface area contributed by atoms with E-state index in [0.29, 0.717) is 19.1 Å². The fourth-order valence-electron chi connectivity index (χ4n) is 1.69. The van der Waals surface area contributed by atoms with E-state index in [9.17, 15) is 4.79 Å². The minimum absolute atomic E-state index is 0. The SMILES string of the molecule is CC(C)CCOCCNC(=O)C1CCNC1.Cl. The molecule has 1 aliphatic heterocycles. The first-order chi connectivity index (χ1) is 7.70. The van der Waals surface area contributed by atoms with Gasteiger partial charge in [0.15, 0.2) is 0 Å². The molecule has 0 spiro atoms. The topological polar surface area (TPSA) is 50.4 Å². The van der Waals surface area contributed by atoms with Crippen molar-refractivity contribution in [1.82, 2.24) is 10.6 Å². The second-order valence-electron chi connectivity index (χ2n) is 4.78. The van der Waals surface area contributed by atoms with Crippen LogP contribution in [0.2, 0.25) is 0 Å². The van der Waals surface area contributed by atoms with Gasteiger partial charge >= 0.3 is 0 Å². The van der Waals surface area contributed by atoms with Gasteiger partial charge in [0.2, 0.25) is 5.91 Å². The lowest BCUT2D eigenvalue weighted by Gasteiger charge is -2.10.